The topological polar surface area (TPSA) is 67.2 Å². The number of carbonyl (C=O) groups excluding carboxylic acids is 1. The van der Waals surface area contributed by atoms with Gasteiger partial charge in [-0.2, -0.15) is 5.10 Å². The fraction of sp³-hybridized carbons (Fsp3) is 0.474. The molecule has 0 bridgehead atoms. The zero-order chi connectivity index (χ0) is 17.5. The van der Waals surface area contributed by atoms with E-state index in [1.54, 1.807) is 6.20 Å². The first-order valence-corrected chi connectivity index (χ1v) is 8.50. The van der Waals surface area contributed by atoms with Gasteiger partial charge < -0.3 is 10.4 Å². The van der Waals surface area contributed by atoms with Gasteiger partial charge in [0.2, 0.25) is 0 Å². The van der Waals surface area contributed by atoms with E-state index < -0.39 is 0 Å². The van der Waals surface area contributed by atoms with Crippen LogP contribution in [0.1, 0.15) is 47.4 Å². The Morgan fingerprint density at radius 1 is 1.25 bits per heavy atom. The first kappa shape index (κ1) is 18.2. The minimum absolute atomic E-state index is 0.0527. The van der Waals surface area contributed by atoms with Crippen molar-refractivity contribution in [3.05, 3.63) is 52.8 Å². The lowest BCUT2D eigenvalue weighted by atomic mass is 10.1. The van der Waals surface area contributed by atoms with E-state index in [9.17, 15) is 4.79 Å². The van der Waals surface area contributed by atoms with E-state index in [-0.39, 0.29) is 12.5 Å². The fourth-order valence-corrected chi connectivity index (χ4v) is 2.50. The van der Waals surface area contributed by atoms with Crippen molar-refractivity contribution in [3.8, 4) is 0 Å². The average molecular weight is 329 g/mol. The molecule has 2 rings (SSSR count). The average Bonchev–Trinajstić information content (AvgIpc) is 2.94. The second-order valence-electron chi connectivity index (χ2n) is 6.53. The molecule has 1 amide bonds. The van der Waals surface area contributed by atoms with E-state index >= 15 is 0 Å². The zero-order valence-corrected chi connectivity index (χ0v) is 14.7. The van der Waals surface area contributed by atoms with E-state index in [1.165, 1.54) is 0 Å². The van der Waals surface area contributed by atoms with Gasteiger partial charge in [-0.05, 0) is 36.8 Å². The Morgan fingerprint density at radius 3 is 2.54 bits per heavy atom. The highest BCUT2D eigenvalue weighted by molar-refractivity contribution is 5.95. The molecule has 0 atom stereocenters. The number of nitrogens with one attached hydrogen (secondary N) is 1. The van der Waals surface area contributed by atoms with Gasteiger partial charge in [-0.25, -0.2) is 0 Å². The second-order valence-corrected chi connectivity index (χ2v) is 6.53. The van der Waals surface area contributed by atoms with Crippen LogP contribution in [0.3, 0.4) is 0 Å². The molecule has 0 aliphatic rings. The number of nitrogens with zero attached hydrogens (tertiary/aromatic N) is 2. The quantitative estimate of drug-likeness (QED) is 0.782. The van der Waals surface area contributed by atoms with Crippen molar-refractivity contribution < 1.29 is 9.90 Å². The number of aryl methyl sites for hydroxylation is 1. The molecule has 0 saturated heterocycles. The normalized spacial score (nSPS) is 11.0. The number of hydrogen-bond donors (Lipinski definition) is 2. The number of hydrogen-bond acceptors (Lipinski definition) is 3. The molecule has 1 aromatic carbocycles. The number of aliphatic hydroxyl groups excluding tert-OH is 1. The SMILES string of the molecule is Cc1c(C(=O)NCCc2ccc(CO)cc2)cnn1CCC(C)C. The van der Waals surface area contributed by atoms with Crippen molar-refractivity contribution >= 4 is 5.91 Å². The second kappa shape index (κ2) is 8.64. The monoisotopic (exact) mass is 329 g/mol. The molecule has 5 nitrogen and oxygen atoms in total. The number of rotatable bonds is 8. The summed E-state index contributed by atoms with van der Waals surface area (Å²) in [5.41, 5.74) is 3.60. The van der Waals surface area contributed by atoms with E-state index in [4.69, 9.17) is 5.11 Å². The summed E-state index contributed by atoms with van der Waals surface area (Å²) in [7, 11) is 0. The Balaban J connectivity index is 1.85. The number of aromatic nitrogens is 2. The molecule has 130 valence electrons. The molecule has 0 saturated carbocycles. The number of carbonyl (C=O) groups is 1. The lowest BCUT2D eigenvalue weighted by molar-refractivity contribution is 0.0953. The highest BCUT2D eigenvalue weighted by Gasteiger charge is 2.13. The van der Waals surface area contributed by atoms with Crippen LogP contribution in [0.4, 0.5) is 0 Å². The highest BCUT2D eigenvalue weighted by Crippen LogP contribution is 2.10. The summed E-state index contributed by atoms with van der Waals surface area (Å²) in [6.45, 7) is 7.77. The number of benzene rings is 1. The molecule has 2 aromatic rings. The van der Waals surface area contributed by atoms with Crippen molar-refractivity contribution in [2.24, 2.45) is 5.92 Å². The lowest BCUT2D eigenvalue weighted by Gasteiger charge is -2.08. The molecule has 0 aliphatic heterocycles. The van der Waals surface area contributed by atoms with Gasteiger partial charge in [-0.15, -0.1) is 0 Å². The van der Waals surface area contributed by atoms with Crippen molar-refractivity contribution in [2.45, 2.75) is 46.8 Å². The Kier molecular flexibility index (Phi) is 6.55. The van der Waals surface area contributed by atoms with Gasteiger partial charge in [0.1, 0.15) is 0 Å². The van der Waals surface area contributed by atoms with E-state index in [1.807, 2.05) is 35.9 Å². The summed E-state index contributed by atoms with van der Waals surface area (Å²) in [6.07, 6.45) is 3.46. The van der Waals surface area contributed by atoms with Crippen LogP contribution in [0.5, 0.6) is 0 Å². The summed E-state index contributed by atoms with van der Waals surface area (Å²) < 4.78 is 1.91. The molecule has 0 unspecified atom stereocenters. The van der Waals surface area contributed by atoms with Crippen LogP contribution in [0.2, 0.25) is 0 Å². The third-order valence-electron chi connectivity index (χ3n) is 4.17. The van der Waals surface area contributed by atoms with Crippen LogP contribution >= 0.6 is 0 Å². The van der Waals surface area contributed by atoms with Gasteiger partial charge in [-0.3, -0.25) is 9.48 Å². The molecule has 1 aromatic heterocycles. The van der Waals surface area contributed by atoms with Crippen LogP contribution in [-0.2, 0) is 19.6 Å². The lowest BCUT2D eigenvalue weighted by Crippen LogP contribution is -2.26. The van der Waals surface area contributed by atoms with Gasteiger partial charge >= 0.3 is 0 Å². The van der Waals surface area contributed by atoms with Crippen LogP contribution in [-0.4, -0.2) is 27.3 Å². The third-order valence-corrected chi connectivity index (χ3v) is 4.17. The fourth-order valence-electron chi connectivity index (χ4n) is 2.50. The molecule has 0 fully saturated rings. The first-order chi connectivity index (χ1) is 11.5. The van der Waals surface area contributed by atoms with Gasteiger partial charge in [0.15, 0.2) is 0 Å². The van der Waals surface area contributed by atoms with Crippen LogP contribution in [0, 0.1) is 12.8 Å². The Bertz CT molecular complexity index is 660. The minimum atomic E-state index is -0.0738. The largest absolute Gasteiger partial charge is 0.392 e. The predicted molar refractivity (Wildman–Crippen MR) is 94.8 cm³/mol. The van der Waals surface area contributed by atoms with Gasteiger partial charge in [0.05, 0.1) is 18.4 Å². The molecule has 2 N–H and O–H groups in total. The molecular formula is C19H27N3O2. The van der Waals surface area contributed by atoms with E-state index in [0.29, 0.717) is 18.0 Å². The highest BCUT2D eigenvalue weighted by atomic mass is 16.3. The maximum Gasteiger partial charge on any atom is 0.254 e. The van der Waals surface area contributed by atoms with E-state index in [0.717, 1.165) is 36.2 Å². The smallest absolute Gasteiger partial charge is 0.254 e. The predicted octanol–water partition coefficient (Wildman–Crippen LogP) is 2.70. The Hall–Kier alpha value is -2.14. The molecule has 24 heavy (non-hydrogen) atoms. The molecule has 0 radical (unpaired) electrons. The summed E-state index contributed by atoms with van der Waals surface area (Å²) in [5, 5.41) is 16.3. The van der Waals surface area contributed by atoms with Crippen LogP contribution in [0.25, 0.3) is 0 Å². The molecule has 0 aliphatic carbocycles. The van der Waals surface area contributed by atoms with Crippen LogP contribution in [0.15, 0.2) is 30.5 Å². The Labute approximate surface area is 143 Å². The van der Waals surface area contributed by atoms with Crippen molar-refractivity contribution in [3.63, 3.8) is 0 Å². The third kappa shape index (κ3) is 4.93. The van der Waals surface area contributed by atoms with Crippen molar-refractivity contribution in [2.75, 3.05) is 6.54 Å². The van der Waals surface area contributed by atoms with Gasteiger partial charge in [0, 0.05) is 18.8 Å². The number of aliphatic hydroxyl groups is 1. The first-order valence-electron chi connectivity index (χ1n) is 8.50. The molecule has 5 heteroatoms. The Morgan fingerprint density at radius 2 is 1.92 bits per heavy atom. The van der Waals surface area contributed by atoms with Crippen molar-refractivity contribution in [1.29, 1.82) is 0 Å². The summed E-state index contributed by atoms with van der Waals surface area (Å²) in [5.74, 6) is 0.540. The minimum Gasteiger partial charge on any atom is -0.392 e. The standard InChI is InChI=1S/C19H27N3O2/c1-14(2)9-11-22-15(3)18(12-21-22)19(24)20-10-8-16-4-6-17(13-23)7-5-16/h4-7,12,14,23H,8-11,13H2,1-3H3,(H,20,24). The maximum atomic E-state index is 12.3. The van der Waals surface area contributed by atoms with Gasteiger partial charge in [-0.1, -0.05) is 38.1 Å². The molecule has 0 spiro atoms. The molecule has 1 heterocycles. The van der Waals surface area contributed by atoms with E-state index in [2.05, 4.69) is 24.3 Å². The number of amides is 1. The molecular weight excluding hydrogens is 302 g/mol. The van der Waals surface area contributed by atoms with Gasteiger partial charge in [0.25, 0.3) is 5.91 Å². The van der Waals surface area contributed by atoms with Crippen LogP contribution < -0.4 is 5.32 Å². The zero-order valence-electron chi connectivity index (χ0n) is 14.7. The van der Waals surface area contributed by atoms with Crippen molar-refractivity contribution in [1.82, 2.24) is 15.1 Å². The summed E-state index contributed by atoms with van der Waals surface area (Å²) in [6, 6.07) is 7.76. The maximum absolute atomic E-state index is 12.3. The summed E-state index contributed by atoms with van der Waals surface area (Å²) in [4.78, 5) is 12.3. The summed E-state index contributed by atoms with van der Waals surface area (Å²) >= 11 is 0.